The van der Waals surface area contributed by atoms with E-state index < -0.39 is 5.60 Å². The molecule has 0 aliphatic heterocycles. The van der Waals surface area contributed by atoms with Crippen molar-refractivity contribution in [3.8, 4) is 0 Å². The topological polar surface area (TPSA) is 46.0 Å². The van der Waals surface area contributed by atoms with Gasteiger partial charge in [0.25, 0.3) is 0 Å². The molecule has 0 atom stereocenters. The van der Waals surface area contributed by atoms with E-state index >= 15 is 0 Å². The van der Waals surface area contributed by atoms with Crippen LogP contribution in [0.5, 0.6) is 0 Å². The van der Waals surface area contributed by atoms with Crippen LogP contribution in [-0.4, -0.2) is 15.1 Å². The summed E-state index contributed by atoms with van der Waals surface area (Å²) in [6.07, 6.45) is 8.42. The van der Waals surface area contributed by atoms with Gasteiger partial charge in [0, 0.05) is 57.5 Å². The van der Waals surface area contributed by atoms with Crippen LogP contribution in [0.2, 0.25) is 0 Å². The first-order chi connectivity index (χ1) is 7.77. The summed E-state index contributed by atoms with van der Waals surface area (Å²) in [6.45, 7) is 1.82. The van der Waals surface area contributed by atoms with Crippen molar-refractivity contribution in [2.75, 3.05) is 0 Å². The second-order valence-corrected chi connectivity index (χ2v) is 3.54. The number of hydrogen-bond acceptors (Lipinski definition) is 3. The summed E-state index contributed by atoms with van der Waals surface area (Å²) in [5.74, 6) is 0. The van der Waals surface area contributed by atoms with Crippen molar-refractivity contribution in [2.24, 2.45) is 0 Å². The van der Waals surface area contributed by atoms with E-state index in [0.29, 0.717) is 0 Å². The summed E-state index contributed by atoms with van der Waals surface area (Å²) in [5, 5.41) is 10.6. The monoisotopic (exact) mass is 318 g/mol. The Kier molecular flexibility index (Phi) is 7.45. The quantitative estimate of drug-likeness (QED) is 0.885. The van der Waals surface area contributed by atoms with Crippen molar-refractivity contribution in [3.05, 3.63) is 66.6 Å². The van der Waals surface area contributed by atoms with Crippen LogP contribution in [0.4, 0.5) is 0 Å². The van der Waals surface area contributed by atoms with Crippen LogP contribution in [0.15, 0.2) is 49.1 Å². The molecule has 1 N–H and O–H groups in total. The molecule has 0 fully saturated rings. The number of nitrogens with zero attached hydrogens (tertiary/aromatic N) is 2. The Hall–Kier alpha value is -0.636. The first-order valence-corrected chi connectivity index (χ1v) is 5.11. The molecule has 0 saturated carbocycles. The molecule has 1 radical (unpaired) electrons. The molecular weight excluding hydrogens is 301 g/mol. The molecule has 2 aromatic heterocycles. The van der Waals surface area contributed by atoms with Gasteiger partial charge in [0.1, 0.15) is 0 Å². The van der Waals surface area contributed by atoms with Crippen LogP contribution in [0.1, 0.15) is 25.5 Å². The van der Waals surface area contributed by atoms with E-state index in [1.165, 1.54) is 0 Å². The van der Waals surface area contributed by atoms with E-state index in [9.17, 15) is 5.11 Å². The number of aliphatic hydroxyl groups is 1. The molecule has 0 aromatic carbocycles. The molecule has 0 unspecified atom stereocenters. The zero-order valence-corrected chi connectivity index (χ0v) is 12.5. The molecule has 0 aliphatic rings. The number of rotatable bonds is 3. The maximum absolute atomic E-state index is 10.6. The van der Waals surface area contributed by atoms with Crippen LogP contribution in [0.25, 0.3) is 0 Å². The predicted octanol–water partition coefficient (Wildman–Crippen LogP) is 2.57. The standard InChI is InChI=1S/C13H13N2O.CH4.Y/c1-2-13(16,11-5-3-7-14-9-11)12-6-4-8-15-10-12;;/h2-10,16H,1H3;1H4;/q-1;;. The molecule has 2 rings (SSSR count). The molecule has 18 heavy (non-hydrogen) atoms. The van der Waals surface area contributed by atoms with Crippen molar-refractivity contribution < 1.29 is 37.8 Å². The molecule has 2 heterocycles. The Morgan fingerprint density at radius 3 is 1.78 bits per heavy atom. The smallest absolute Gasteiger partial charge is 0.0304 e. The minimum Gasteiger partial charge on any atom is -0.413 e. The summed E-state index contributed by atoms with van der Waals surface area (Å²) in [6, 6.07) is 7.31. The van der Waals surface area contributed by atoms with E-state index in [4.69, 9.17) is 0 Å². The molecule has 2 aromatic rings. The van der Waals surface area contributed by atoms with Gasteiger partial charge >= 0.3 is 0 Å². The maximum Gasteiger partial charge on any atom is 0.0304 e. The molecule has 0 saturated heterocycles. The third kappa shape index (κ3) is 3.44. The summed E-state index contributed by atoms with van der Waals surface area (Å²) in [5.41, 5.74) is 0.360. The van der Waals surface area contributed by atoms with Gasteiger partial charge in [-0.25, -0.2) is 0 Å². The van der Waals surface area contributed by atoms with Crippen molar-refractivity contribution in [1.82, 2.24) is 9.97 Å². The fraction of sp³-hybridized carbons (Fsp3) is 0.214. The van der Waals surface area contributed by atoms with Crippen molar-refractivity contribution in [3.63, 3.8) is 0 Å². The molecule has 0 amide bonds. The second kappa shape index (κ2) is 7.72. The molecule has 93 valence electrons. The van der Waals surface area contributed by atoms with Crippen molar-refractivity contribution in [2.45, 2.75) is 20.0 Å². The Labute approximate surface area is 134 Å². The third-order valence-corrected chi connectivity index (χ3v) is 2.62. The van der Waals surface area contributed by atoms with E-state index in [1.54, 1.807) is 43.3 Å². The van der Waals surface area contributed by atoms with Crippen LogP contribution in [-0.2, 0) is 38.3 Å². The summed E-state index contributed by atoms with van der Waals surface area (Å²) in [7, 11) is 0. The minimum absolute atomic E-state index is 0. The van der Waals surface area contributed by atoms with Gasteiger partial charge in [-0.1, -0.05) is 19.6 Å². The van der Waals surface area contributed by atoms with Crippen LogP contribution in [0, 0.1) is 6.42 Å². The van der Waals surface area contributed by atoms with E-state index in [2.05, 4.69) is 9.97 Å². The van der Waals surface area contributed by atoms with Gasteiger partial charge in [-0.15, -0.1) is 0 Å². The normalized spacial score (nSPS) is 10.1. The first kappa shape index (κ1) is 17.4. The summed E-state index contributed by atoms with van der Waals surface area (Å²) >= 11 is 0. The minimum atomic E-state index is -1.12. The number of aromatic nitrogens is 2. The van der Waals surface area contributed by atoms with Crippen LogP contribution >= 0.6 is 0 Å². The van der Waals surface area contributed by atoms with Crippen LogP contribution < -0.4 is 0 Å². The fourth-order valence-electron chi connectivity index (χ4n) is 1.68. The Bertz CT molecular complexity index is 408. The van der Waals surface area contributed by atoms with Gasteiger partial charge in [0.15, 0.2) is 0 Å². The third-order valence-electron chi connectivity index (χ3n) is 2.62. The summed E-state index contributed by atoms with van der Waals surface area (Å²) in [4.78, 5) is 8.05. The Morgan fingerprint density at radius 2 is 1.50 bits per heavy atom. The average Bonchev–Trinajstić information content (AvgIpc) is 2.40. The number of pyridine rings is 2. The van der Waals surface area contributed by atoms with Crippen molar-refractivity contribution >= 4 is 0 Å². The van der Waals surface area contributed by atoms with E-state index in [1.807, 2.05) is 19.1 Å². The molecule has 0 aliphatic carbocycles. The molecule has 3 nitrogen and oxygen atoms in total. The average molecular weight is 318 g/mol. The van der Waals surface area contributed by atoms with Gasteiger partial charge in [0.05, 0.1) is 0 Å². The van der Waals surface area contributed by atoms with E-state index in [0.717, 1.165) is 11.1 Å². The van der Waals surface area contributed by atoms with Gasteiger partial charge < -0.3 is 5.11 Å². The SMILES string of the molecule is C.C[CH-]C(O)(c1cccnc1)c1cccnc1.[Y]. The van der Waals surface area contributed by atoms with Gasteiger partial charge in [-0.3, -0.25) is 16.4 Å². The molecular formula is C14H17N2OY-. The van der Waals surface area contributed by atoms with E-state index in [-0.39, 0.29) is 40.1 Å². The Morgan fingerprint density at radius 1 is 1.06 bits per heavy atom. The van der Waals surface area contributed by atoms with Crippen LogP contribution in [0.3, 0.4) is 0 Å². The molecule has 4 heteroatoms. The first-order valence-electron chi connectivity index (χ1n) is 5.11. The number of hydrogen-bond donors (Lipinski definition) is 1. The van der Waals surface area contributed by atoms with Gasteiger partial charge in [-0.2, -0.15) is 6.92 Å². The maximum atomic E-state index is 10.6. The molecule has 0 bridgehead atoms. The second-order valence-electron chi connectivity index (χ2n) is 3.54. The fourth-order valence-corrected chi connectivity index (χ4v) is 1.68. The molecule has 0 spiro atoms. The summed E-state index contributed by atoms with van der Waals surface area (Å²) < 4.78 is 0. The van der Waals surface area contributed by atoms with Gasteiger partial charge in [0.2, 0.25) is 0 Å². The zero-order chi connectivity index (χ0) is 11.4. The Balaban J connectivity index is 0.00000144. The largest absolute Gasteiger partial charge is 0.413 e. The predicted molar refractivity (Wildman–Crippen MR) is 68.2 cm³/mol. The van der Waals surface area contributed by atoms with Gasteiger partial charge in [-0.05, 0) is 28.9 Å². The van der Waals surface area contributed by atoms with Crippen molar-refractivity contribution in [1.29, 1.82) is 0 Å². The zero-order valence-electron chi connectivity index (χ0n) is 9.62.